The highest BCUT2D eigenvalue weighted by Crippen LogP contribution is 2.40. The van der Waals surface area contributed by atoms with Gasteiger partial charge in [-0.25, -0.2) is 4.79 Å². The van der Waals surface area contributed by atoms with Gasteiger partial charge in [-0.15, -0.1) is 0 Å². The van der Waals surface area contributed by atoms with Gasteiger partial charge in [0, 0.05) is 15.7 Å². The summed E-state index contributed by atoms with van der Waals surface area (Å²) in [4.78, 5) is 25.0. The number of anilines is 3. The molecular weight excluding hydrogens is 602 g/mol. The second kappa shape index (κ2) is 13.3. The Labute approximate surface area is 233 Å². The standard InChI is InChI=1S/C28H29Br2N3O4/c1-17-11-13-20(14-12-17)32-28(36)37-27(21-15-19(29)16-22(30)26(21)35)18(2)7-3-6-10-25(34)33-24-9-5-4-8-23(24)31/h4-6,8-16,18,27,35H,3,7,31H2,1-2H3,(H,32,36)(H,33,34)/b10-6+/t18-,27+/m1/s1. The van der Waals surface area contributed by atoms with Crippen molar-refractivity contribution >= 4 is 60.9 Å². The van der Waals surface area contributed by atoms with Gasteiger partial charge in [0.25, 0.3) is 0 Å². The summed E-state index contributed by atoms with van der Waals surface area (Å²) in [5.74, 6) is -0.476. The van der Waals surface area contributed by atoms with E-state index in [1.165, 1.54) is 6.08 Å². The molecule has 0 spiro atoms. The van der Waals surface area contributed by atoms with Crippen LogP contribution in [0.5, 0.6) is 5.75 Å². The van der Waals surface area contributed by atoms with Gasteiger partial charge in [-0.2, -0.15) is 0 Å². The molecule has 0 fully saturated rings. The van der Waals surface area contributed by atoms with Gasteiger partial charge in [-0.05, 0) is 84.1 Å². The Hall–Kier alpha value is -3.30. The number of aryl methyl sites for hydroxylation is 1. The second-order valence-corrected chi connectivity index (χ2v) is 10.4. The zero-order chi connectivity index (χ0) is 26.9. The molecule has 3 aromatic carbocycles. The van der Waals surface area contributed by atoms with Crippen LogP contribution in [-0.2, 0) is 9.53 Å². The number of nitrogens with two attached hydrogens (primary N) is 1. The van der Waals surface area contributed by atoms with Crippen molar-refractivity contribution in [3.63, 3.8) is 0 Å². The first-order valence-electron chi connectivity index (χ1n) is 11.7. The molecule has 0 aliphatic rings. The number of nitrogens with one attached hydrogen (secondary N) is 2. The van der Waals surface area contributed by atoms with E-state index in [-0.39, 0.29) is 17.6 Å². The minimum absolute atomic E-state index is 0.00134. The Morgan fingerprint density at radius 1 is 1.08 bits per heavy atom. The van der Waals surface area contributed by atoms with Gasteiger partial charge in [0.15, 0.2) is 0 Å². The van der Waals surface area contributed by atoms with Gasteiger partial charge in [0.1, 0.15) is 11.9 Å². The van der Waals surface area contributed by atoms with Gasteiger partial charge in [0.05, 0.1) is 15.8 Å². The summed E-state index contributed by atoms with van der Waals surface area (Å²) in [6.07, 6.45) is 2.96. The van der Waals surface area contributed by atoms with E-state index in [0.717, 1.165) is 10.0 Å². The molecule has 3 aromatic rings. The number of phenolic OH excluding ortho intramolecular Hbond substituents is 1. The molecular formula is C28H29Br2N3O4. The highest BCUT2D eigenvalue weighted by atomic mass is 79.9. The molecule has 5 N–H and O–H groups in total. The van der Waals surface area contributed by atoms with Crippen LogP contribution < -0.4 is 16.4 Å². The summed E-state index contributed by atoms with van der Waals surface area (Å²) in [6, 6.07) is 17.8. The molecule has 2 atom stereocenters. The monoisotopic (exact) mass is 629 g/mol. The number of para-hydroxylation sites is 2. The zero-order valence-corrected chi connectivity index (χ0v) is 23.7. The quantitative estimate of drug-likeness (QED) is 0.143. The molecule has 0 aromatic heterocycles. The summed E-state index contributed by atoms with van der Waals surface area (Å²) in [5, 5.41) is 16.2. The number of rotatable bonds is 9. The SMILES string of the molecule is Cc1ccc(NC(=O)O[C@H](c2cc(Br)cc(Br)c2O)[C@H](C)CC/C=C/C(=O)Nc2ccccc2N)cc1. The smallest absolute Gasteiger partial charge is 0.412 e. The lowest BCUT2D eigenvalue weighted by Gasteiger charge is -2.26. The van der Waals surface area contributed by atoms with E-state index >= 15 is 0 Å². The average molecular weight is 631 g/mol. The Morgan fingerprint density at radius 3 is 2.49 bits per heavy atom. The van der Waals surface area contributed by atoms with Crippen molar-refractivity contribution in [1.29, 1.82) is 0 Å². The molecule has 9 heteroatoms. The van der Waals surface area contributed by atoms with E-state index in [9.17, 15) is 14.7 Å². The third-order valence-electron chi connectivity index (χ3n) is 5.69. The summed E-state index contributed by atoms with van der Waals surface area (Å²) >= 11 is 6.79. The third-order valence-corrected chi connectivity index (χ3v) is 6.75. The van der Waals surface area contributed by atoms with E-state index in [1.807, 2.05) is 26.0 Å². The topological polar surface area (TPSA) is 114 Å². The third kappa shape index (κ3) is 8.36. The van der Waals surface area contributed by atoms with Gasteiger partial charge >= 0.3 is 6.09 Å². The maximum absolute atomic E-state index is 12.8. The predicted octanol–water partition coefficient (Wildman–Crippen LogP) is 7.71. The van der Waals surface area contributed by atoms with Crippen molar-refractivity contribution in [1.82, 2.24) is 0 Å². The van der Waals surface area contributed by atoms with Gasteiger partial charge in [-0.3, -0.25) is 10.1 Å². The zero-order valence-electron chi connectivity index (χ0n) is 20.5. The van der Waals surface area contributed by atoms with Crippen LogP contribution in [0.2, 0.25) is 0 Å². The highest BCUT2D eigenvalue weighted by Gasteiger charge is 2.27. The summed E-state index contributed by atoms with van der Waals surface area (Å²) < 4.78 is 7.03. The second-order valence-electron chi connectivity index (χ2n) is 8.68. The fraction of sp³-hybridized carbons (Fsp3) is 0.214. The summed E-state index contributed by atoms with van der Waals surface area (Å²) in [6.45, 7) is 3.89. The van der Waals surface area contributed by atoms with Crippen molar-refractivity contribution in [3.8, 4) is 5.75 Å². The lowest BCUT2D eigenvalue weighted by Crippen LogP contribution is -2.22. The summed E-state index contributed by atoms with van der Waals surface area (Å²) in [5.41, 5.74) is 9.05. The van der Waals surface area contributed by atoms with E-state index in [1.54, 1.807) is 54.6 Å². The van der Waals surface area contributed by atoms with Crippen molar-refractivity contribution in [2.45, 2.75) is 32.8 Å². The molecule has 37 heavy (non-hydrogen) atoms. The van der Waals surface area contributed by atoms with Crippen molar-refractivity contribution in [2.24, 2.45) is 5.92 Å². The molecule has 0 saturated heterocycles. The first-order valence-corrected chi connectivity index (χ1v) is 13.3. The molecule has 0 saturated carbocycles. The number of hydrogen-bond donors (Lipinski definition) is 4. The molecule has 194 valence electrons. The fourth-order valence-corrected chi connectivity index (χ4v) is 4.93. The number of carbonyl (C=O) groups is 2. The number of nitrogen functional groups attached to an aromatic ring is 1. The number of phenols is 1. The van der Waals surface area contributed by atoms with Gasteiger partial charge in [-0.1, -0.05) is 58.8 Å². The highest BCUT2D eigenvalue weighted by molar-refractivity contribution is 9.11. The maximum Gasteiger partial charge on any atom is 0.412 e. The number of hydrogen-bond acceptors (Lipinski definition) is 5. The van der Waals surface area contributed by atoms with E-state index < -0.39 is 12.2 Å². The molecule has 3 rings (SSSR count). The van der Waals surface area contributed by atoms with Crippen LogP contribution in [0.4, 0.5) is 21.9 Å². The van der Waals surface area contributed by atoms with Crippen LogP contribution in [0, 0.1) is 12.8 Å². The number of benzene rings is 3. The lowest BCUT2D eigenvalue weighted by molar-refractivity contribution is -0.111. The summed E-state index contributed by atoms with van der Waals surface area (Å²) in [7, 11) is 0. The molecule has 0 aliphatic carbocycles. The lowest BCUT2D eigenvalue weighted by atomic mass is 9.92. The largest absolute Gasteiger partial charge is 0.506 e. The minimum atomic E-state index is -0.745. The van der Waals surface area contributed by atoms with Crippen molar-refractivity contribution in [3.05, 3.63) is 92.9 Å². The normalized spacial score (nSPS) is 12.6. The van der Waals surface area contributed by atoms with Crippen LogP contribution in [0.3, 0.4) is 0 Å². The molecule has 0 radical (unpaired) electrons. The predicted molar refractivity (Wildman–Crippen MR) is 155 cm³/mol. The molecule has 0 heterocycles. The number of ether oxygens (including phenoxy) is 1. The molecule has 2 amide bonds. The van der Waals surface area contributed by atoms with Crippen LogP contribution in [0.15, 0.2) is 81.8 Å². The number of aromatic hydroxyl groups is 1. The van der Waals surface area contributed by atoms with Crippen LogP contribution >= 0.6 is 31.9 Å². The Morgan fingerprint density at radius 2 is 1.78 bits per heavy atom. The molecule has 0 bridgehead atoms. The first kappa shape index (κ1) is 28.3. The number of halogens is 2. The van der Waals surface area contributed by atoms with E-state index in [2.05, 4.69) is 42.5 Å². The Bertz CT molecular complexity index is 1280. The van der Waals surface area contributed by atoms with E-state index in [0.29, 0.717) is 39.9 Å². The maximum atomic E-state index is 12.8. The average Bonchev–Trinajstić information content (AvgIpc) is 2.85. The van der Waals surface area contributed by atoms with Gasteiger partial charge < -0.3 is 20.9 Å². The minimum Gasteiger partial charge on any atom is -0.506 e. The fourth-order valence-electron chi connectivity index (χ4n) is 3.67. The van der Waals surface area contributed by atoms with Crippen molar-refractivity contribution in [2.75, 3.05) is 16.4 Å². The Kier molecular flexibility index (Phi) is 10.2. The number of allylic oxidation sites excluding steroid dienone is 1. The number of carbonyl (C=O) groups excluding carboxylic acids is 2. The van der Waals surface area contributed by atoms with Crippen LogP contribution in [0.25, 0.3) is 0 Å². The van der Waals surface area contributed by atoms with Crippen LogP contribution in [-0.4, -0.2) is 17.1 Å². The Balaban J connectivity index is 1.69. The van der Waals surface area contributed by atoms with Crippen LogP contribution in [0.1, 0.15) is 37.0 Å². The van der Waals surface area contributed by atoms with Crippen molar-refractivity contribution < 1.29 is 19.4 Å². The first-order chi connectivity index (χ1) is 17.6. The number of amides is 2. The molecule has 7 nitrogen and oxygen atoms in total. The van der Waals surface area contributed by atoms with E-state index in [4.69, 9.17) is 10.5 Å². The molecule has 0 aliphatic heterocycles. The van der Waals surface area contributed by atoms with Gasteiger partial charge in [0.2, 0.25) is 5.91 Å². The molecule has 0 unspecified atom stereocenters.